The Morgan fingerprint density at radius 2 is 1.78 bits per heavy atom. The number of aliphatic hydroxyl groups is 1. The van der Waals surface area contributed by atoms with Gasteiger partial charge in [0, 0.05) is 24.5 Å². The van der Waals surface area contributed by atoms with Crippen LogP contribution in [0.25, 0.3) is 0 Å². The first-order valence-corrected chi connectivity index (χ1v) is 10.7. The molecule has 3 aliphatic carbocycles. The van der Waals surface area contributed by atoms with Gasteiger partial charge in [0.15, 0.2) is 5.96 Å². The summed E-state index contributed by atoms with van der Waals surface area (Å²) in [6.45, 7) is 3.31. The van der Waals surface area contributed by atoms with E-state index >= 15 is 0 Å². The van der Waals surface area contributed by atoms with Crippen LogP contribution in [0.2, 0.25) is 0 Å². The zero-order valence-electron chi connectivity index (χ0n) is 16.6. The third-order valence-electron chi connectivity index (χ3n) is 5.97. The van der Waals surface area contributed by atoms with E-state index < -0.39 is 5.60 Å². The summed E-state index contributed by atoms with van der Waals surface area (Å²) in [6, 6.07) is 0.712. The van der Waals surface area contributed by atoms with Gasteiger partial charge in [0.05, 0.1) is 12.1 Å². The molecular weight excluding hydrogens is 455 g/mol. The van der Waals surface area contributed by atoms with Crippen LogP contribution in [0.5, 0.6) is 0 Å². The minimum absolute atomic E-state index is 0. The lowest BCUT2D eigenvalue weighted by atomic mass is 9.85. The quantitative estimate of drug-likeness (QED) is 0.261. The molecule has 0 bridgehead atoms. The molecule has 6 nitrogen and oxygen atoms in total. The van der Waals surface area contributed by atoms with E-state index in [0.29, 0.717) is 12.6 Å². The lowest BCUT2D eigenvalue weighted by Crippen LogP contribution is -2.48. The van der Waals surface area contributed by atoms with Crippen LogP contribution >= 0.6 is 24.0 Å². The second-order valence-electron chi connectivity index (χ2n) is 8.47. The third-order valence-corrected chi connectivity index (χ3v) is 5.97. The maximum atomic E-state index is 12.4. The molecular formula is C20H37IN4O2. The Labute approximate surface area is 180 Å². The first-order chi connectivity index (χ1) is 12.6. The van der Waals surface area contributed by atoms with Crippen LogP contribution in [0.4, 0.5) is 0 Å². The van der Waals surface area contributed by atoms with E-state index in [9.17, 15) is 9.90 Å². The van der Waals surface area contributed by atoms with E-state index in [1.54, 1.807) is 0 Å². The summed E-state index contributed by atoms with van der Waals surface area (Å²) >= 11 is 0. The van der Waals surface area contributed by atoms with Crippen LogP contribution in [-0.2, 0) is 4.79 Å². The summed E-state index contributed by atoms with van der Waals surface area (Å²) in [5, 5.41) is 20.6. The van der Waals surface area contributed by atoms with Gasteiger partial charge >= 0.3 is 0 Å². The summed E-state index contributed by atoms with van der Waals surface area (Å²) in [7, 11) is 0. The maximum absolute atomic E-state index is 12.4. The number of guanidine groups is 1. The van der Waals surface area contributed by atoms with Gasteiger partial charge in [-0.05, 0) is 51.9 Å². The normalized spacial score (nSPS) is 28.0. The van der Waals surface area contributed by atoms with Crippen molar-refractivity contribution in [3.05, 3.63) is 0 Å². The number of carbonyl (C=O) groups is 1. The molecule has 4 N–H and O–H groups in total. The van der Waals surface area contributed by atoms with Crippen LogP contribution in [0.1, 0.15) is 77.6 Å². The molecule has 0 radical (unpaired) electrons. The lowest BCUT2D eigenvalue weighted by Gasteiger charge is -2.32. The van der Waals surface area contributed by atoms with E-state index in [2.05, 4.69) is 27.9 Å². The third kappa shape index (κ3) is 7.40. The van der Waals surface area contributed by atoms with Crippen LogP contribution < -0.4 is 16.0 Å². The smallest absolute Gasteiger partial charge is 0.223 e. The van der Waals surface area contributed by atoms with Gasteiger partial charge in [-0.3, -0.25) is 9.79 Å². The van der Waals surface area contributed by atoms with Gasteiger partial charge in [-0.25, -0.2) is 0 Å². The van der Waals surface area contributed by atoms with Crippen LogP contribution in [0.3, 0.4) is 0 Å². The molecule has 2 unspecified atom stereocenters. The van der Waals surface area contributed by atoms with Gasteiger partial charge in [0.1, 0.15) is 0 Å². The number of nitrogens with zero attached hydrogens (tertiary/aromatic N) is 1. The van der Waals surface area contributed by atoms with Crippen molar-refractivity contribution >= 4 is 35.8 Å². The Kier molecular flexibility index (Phi) is 9.11. The summed E-state index contributed by atoms with van der Waals surface area (Å²) in [5.74, 6) is 1.13. The second-order valence-corrected chi connectivity index (χ2v) is 8.47. The van der Waals surface area contributed by atoms with Crippen LogP contribution in [-0.4, -0.2) is 47.7 Å². The first kappa shape index (κ1) is 22.7. The SMILES string of the molecule is CCNC(=NCC1(O)CCCCC1)NC1CCCC(C(=O)NC2CC2)C1.I. The summed E-state index contributed by atoms with van der Waals surface area (Å²) < 4.78 is 0. The van der Waals surface area contributed by atoms with Crippen molar-refractivity contribution in [1.82, 2.24) is 16.0 Å². The van der Waals surface area contributed by atoms with Crippen molar-refractivity contribution in [3.63, 3.8) is 0 Å². The van der Waals surface area contributed by atoms with Crippen molar-refractivity contribution in [1.29, 1.82) is 0 Å². The van der Waals surface area contributed by atoms with Gasteiger partial charge in [-0.15, -0.1) is 24.0 Å². The Morgan fingerprint density at radius 3 is 2.44 bits per heavy atom. The number of rotatable bonds is 6. The fraction of sp³-hybridized carbons (Fsp3) is 0.900. The molecule has 1 amide bonds. The molecule has 3 aliphatic rings. The molecule has 0 aromatic heterocycles. The number of hydrogen-bond donors (Lipinski definition) is 4. The number of hydrogen-bond acceptors (Lipinski definition) is 3. The zero-order valence-corrected chi connectivity index (χ0v) is 19.0. The predicted molar refractivity (Wildman–Crippen MR) is 119 cm³/mol. The van der Waals surface area contributed by atoms with Gasteiger partial charge in [-0.2, -0.15) is 0 Å². The Bertz CT molecular complexity index is 504. The summed E-state index contributed by atoms with van der Waals surface area (Å²) in [6.07, 6.45) is 11.4. The Balaban J connectivity index is 0.00000261. The van der Waals surface area contributed by atoms with Crippen molar-refractivity contribution in [2.75, 3.05) is 13.1 Å². The number of halogens is 1. The van der Waals surface area contributed by atoms with Gasteiger partial charge in [0.2, 0.25) is 5.91 Å². The van der Waals surface area contributed by atoms with Crippen molar-refractivity contribution in [2.24, 2.45) is 10.9 Å². The van der Waals surface area contributed by atoms with E-state index in [0.717, 1.165) is 76.7 Å². The van der Waals surface area contributed by atoms with Crippen LogP contribution in [0.15, 0.2) is 4.99 Å². The molecule has 3 fully saturated rings. The van der Waals surface area contributed by atoms with Crippen molar-refractivity contribution < 1.29 is 9.90 Å². The van der Waals surface area contributed by atoms with E-state index in [-0.39, 0.29) is 41.8 Å². The molecule has 3 rings (SSSR count). The molecule has 27 heavy (non-hydrogen) atoms. The van der Waals surface area contributed by atoms with E-state index in [1.165, 1.54) is 6.42 Å². The lowest BCUT2D eigenvalue weighted by molar-refractivity contribution is -0.126. The topological polar surface area (TPSA) is 85.8 Å². The minimum atomic E-state index is -0.639. The number of nitrogens with one attached hydrogen (secondary N) is 3. The average molecular weight is 492 g/mol. The highest BCUT2D eigenvalue weighted by Crippen LogP contribution is 2.29. The fourth-order valence-electron chi connectivity index (χ4n) is 4.21. The predicted octanol–water partition coefficient (Wildman–Crippen LogP) is 2.69. The summed E-state index contributed by atoms with van der Waals surface area (Å²) in [4.78, 5) is 17.0. The molecule has 0 heterocycles. The average Bonchev–Trinajstić information content (AvgIpc) is 3.45. The minimum Gasteiger partial charge on any atom is -0.388 e. The first-order valence-electron chi connectivity index (χ1n) is 10.7. The molecule has 3 saturated carbocycles. The number of amides is 1. The molecule has 0 aromatic rings. The molecule has 0 spiro atoms. The van der Waals surface area contributed by atoms with Crippen molar-refractivity contribution in [3.8, 4) is 0 Å². The standard InChI is InChI=1S/C20H36N4O2.HI/c1-2-21-19(22-14-20(26)11-4-3-5-12-20)24-17-8-6-7-15(13-17)18(25)23-16-9-10-16;/h15-17,26H,2-14H2,1H3,(H,23,25)(H2,21,22,24);1H. The van der Waals surface area contributed by atoms with Crippen molar-refractivity contribution in [2.45, 2.75) is 95.2 Å². The fourth-order valence-corrected chi connectivity index (χ4v) is 4.21. The second kappa shape index (κ2) is 10.8. The maximum Gasteiger partial charge on any atom is 0.223 e. The van der Waals surface area contributed by atoms with Gasteiger partial charge in [0.25, 0.3) is 0 Å². The largest absolute Gasteiger partial charge is 0.388 e. The molecule has 0 aromatic carbocycles. The number of carbonyl (C=O) groups excluding carboxylic acids is 1. The highest BCUT2D eigenvalue weighted by Gasteiger charge is 2.32. The molecule has 156 valence electrons. The van der Waals surface area contributed by atoms with Gasteiger partial charge in [-0.1, -0.05) is 25.7 Å². The molecule has 2 atom stereocenters. The van der Waals surface area contributed by atoms with E-state index in [1.807, 2.05) is 0 Å². The van der Waals surface area contributed by atoms with E-state index in [4.69, 9.17) is 0 Å². The highest BCUT2D eigenvalue weighted by molar-refractivity contribution is 14.0. The Morgan fingerprint density at radius 1 is 1.04 bits per heavy atom. The highest BCUT2D eigenvalue weighted by atomic mass is 127. The summed E-state index contributed by atoms with van der Waals surface area (Å²) in [5.41, 5.74) is -0.639. The van der Waals surface area contributed by atoms with Gasteiger partial charge < -0.3 is 21.1 Å². The molecule has 7 heteroatoms. The molecule has 0 saturated heterocycles. The molecule has 0 aliphatic heterocycles. The monoisotopic (exact) mass is 492 g/mol. The zero-order chi connectivity index (χ0) is 18.4. The Hall–Kier alpha value is -0.570. The van der Waals surface area contributed by atoms with Crippen LogP contribution in [0, 0.1) is 5.92 Å². The number of aliphatic imine (C=N–C) groups is 1.